The number of carbonyl (C=O) groups excluding carboxylic acids is 2. The van der Waals surface area contributed by atoms with Crippen LogP contribution < -0.4 is 34.9 Å². The fourth-order valence-corrected chi connectivity index (χ4v) is 3.79. The monoisotopic (exact) mass is 533 g/mol. The Hall–Kier alpha value is -5.07. The van der Waals surface area contributed by atoms with Crippen LogP contribution in [-0.4, -0.2) is 43.4 Å². The second kappa shape index (κ2) is 11.1. The van der Waals surface area contributed by atoms with Gasteiger partial charge in [-0.15, -0.1) is 0 Å². The molecule has 0 spiro atoms. The summed E-state index contributed by atoms with van der Waals surface area (Å²) in [6.07, 6.45) is 1.35. The van der Waals surface area contributed by atoms with Crippen LogP contribution in [0.15, 0.2) is 76.1 Å². The highest BCUT2D eigenvalue weighted by atomic mass is 16.8. The first-order valence-electron chi connectivity index (χ1n) is 11.7. The first-order valence-corrected chi connectivity index (χ1v) is 11.7. The van der Waals surface area contributed by atoms with Gasteiger partial charge < -0.3 is 39.1 Å². The van der Waals surface area contributed by atoms with Gasteiger partial charge in [0.15, 0.2) is 23.5 Å². The van der Waals surface area contributed by atoms with E-state index in [1.54, 1.807) is 24.3 Å². The molecular weight excluding hydrogens is 512 g/mol. The molecule has 1 aromatic heterocycles. The molecule has 4 aromatic rings. The molecule has 39 heavy (non-hydrogen) atoms. The van der Waals surface area contributed by atoms with Crippen molar-refractivity contribution in [2.45, 2.75) is 0 Å². The highest BCUT2D eigenvalue weighted by Crippen LogP contribution is 2.34. The molecule has 0 fully saturated rings. The lowest BCUT2D eigenvalue weighted by atomic mass is 10.0. The molecule has 12 nitrogen and oxygen atoms in total. The molecule has 1 aliphatic rings. The minimum absolute atomic E-state index is 0.0336. The molecule has 0 saturated carbocycles. The molecule has 5 rings (SSSR count). The Balaban J connectivity index is 1.17. The Labute approximate surface area is 220 Å². The average molecular weight is 533 g/mol. The Kier molecular flexibility index (Phi) is 7.30. The van der Waals surface area contributed by atoms with E-state index in [1.165, 1.54) is 42.7 Å². The zero-order valence-electron chi connectivity index (χ0n) is 20.2. The lowest BCUT2D eigenvalue weighted by Gasteiger charge is -2.21. The van der Waals surface area contributed by atoms with Crippen molar-refractivity contribution in [3.63, 3.8) is 0 Å². The van der Waals surface area contributed by atoms with Crippen molar-refractivity contribution in [2.75, 3.05) is 31.6 Å². The molecule has 0 radical (unpaired) electrons. The van der Waals surface area contributed by atoms with E-state index in [0.717, 1.165) is 0 Å². The summed E-state index contributed by atoms with van der Waals surface area (Å²) in [5.41, 5.74) is 0.980. The molecule has 0 aliphatic carbocycles. The van der Waals surface area contributed by atoms with Crippen LogP contribution >= 0.6 is 0 Å². The van der Waals surface area contributed by atoms with E-state index in [2.05, 4.69) is 5.32 Å². The highest BCUT2D eigenvalue weighted by Gasteiger charge is 2.16. The maximum absolute atomic E-state index is 13.1. The van der Waals surface area contributed by atoms with E-state index in [4.69, 9.17) is 28.6 Å². The molecule has 0 bridgehead atoms. The normalized spacial score (nSPS) is 12.1. The number of fused-ring (bicyclic) bond motifs is 2. The number of nitrogens with zero attached hydrogens (tertiary/aromatic N) is 1. The van der Waals surface area contributed by atoms with Crippen LogP contribution in [0.2, 0.25) is 0 Å². The molecule has 0 unspecified atom stereocenters. The fraction of sp³-hybridized carbons (Fsp3) is 0.148. The summed E-state index contributed by atoms with van der Waals surface area (Å²) in [6, 6.07) is 14.9. The summed E-state index contributed by atoms with van der Waals surface area (Å²) in [6.45, 7) is 0.0717. The molecule has 2 N–H and O–H groups in total. The molecule has 12 heteroatoms. The van der Waals surface area contributed by atoms with Crippen molar-refractivity contribution >= 4 is 28.5 Å². The van der Waals surface area contributed by atoms with Gasteiger partial charge in [0.2, 0.25) is 0 Å². The fourth-order valence-electron chi connectivity index (χ4n) is 3.79. The van der Waals surface area contributed by atoms with Crippen LogP contribution in [0.1, 0.15) is 0 Å². The second-order valence-corrected chi connectivity index (χ2v) is 8.30. The van der Waals surface area contributed by atoms with Crippen molar-refractivity contribution in [2.24, 2.45) is 0 Å². The lowest BCUT2D eigenvalue weighted by Crippen LogP contribution is -2.35. The summed E-state index contributed by atoms with van der Waals surface area (Å²) in [4.78, 5) is 37.1. The third-order valence-electron chi connectivity index (χ3n) is 5.69. The van der Waals surface area contributed by atoms with Crippen molar-refractivity contribution in [3.05, 3.63) is 82.4 Å². The summed E-state index contributed by atoms with van der Waals surface area (Å²) in [5.74, 6) is 0.254. The number of benzene rings is 3. The maximum Gasteiger partial charge on any atom is 0.330 e. The molecular formula is C27H21N2O10-. The maximum atomic E-state index is 13.1. The Morgan fingerprint density at radius 1 is 0.974 bits per heavy atom. The van der Waals surface area contributed by atoms with Crippen molar-refractivity contribution < 1.29 is 38.2 Å². The van der Waals surface area contributed by atoms with Crippen LogP contribution in [0.5, 0.6) is 23.0 Å². The van der Waals surface area contributed by atoms with Crippen LogP contribution in [0.3, 0.4) is 0 Å². The molecule has 1 amide bonds. The minimum atomic E-state index is -0.750. The smallest absolute Gasteiger partial charge is 0.330 e. The van der Waals surface area contributed by atoms with Gasteiger partial charge in [0.25, 0.3) is 5.91 Å². The van der Waals surface area contributed by atoms with E-state index >= 15 is 0 Å². The molecule has 0 atom stereocenters. The van der Waals surface area contributed by atoms with Gasteiger partial charge >= 0.3 is 5.97 Å². The van der Waals surface area contributed by atoms with Gasteiger partial charge in [-0.1, -0.05) is 6.07 Å². The first kappa shape index (κ1) is 25.6. The zero-order valence-corrected chi connectivity index (χ0v) is 20.2. The summed E-state index contributed by atoms with van der Waals surface area (Å²) in [5, 5.41) is 22.0. The molecule has 0 saturated heterocycles. The Morgan fingerprint density at radius 3 is 2.49 bits per heavy atom. The van der Waals surface area contributed by atoms with Gasteiger partial charge in [-0.05, 0) is 54.1 Å². The summed E-state index contributed by atoms with van der Waals surface area (Å²) >= 11 is 0. The summed E-state index contributed by atoms with van der Waals surface area (Å²) < 4.78 is 27.3. The van der Waals surface area contributed by atoms with Crippen molar-refractivity contribution in [3.8, 4) is 34.1 Å². The first-order chi connectivity index (χ1) is 18.9. The lowest BCUT2D eigenvalue weighted by molar-refractivity contribution is -0.135. The van der Waals surface area contributed by atoms with Crippen LogP contribution in [-0.2, 0) is 9.59 Å². The number of hydrogen-bond donors (Lipinski definition) is 2. The quantitative estimate of drug-likeness (QED) is 0.195. The average Bonchev–Trinajstić information content (AvgIpc) is 2.95. The number of carbonyl (C=O) groups is 2. The SMILES string of the molecule is O=C(COc1ccc2c(=O)c(-c3ccc4c(c3)OCCO4)coc2c1)NCC(=O)Oc1ccc(N([O-])O)cc1. The van der Waals surface area contributed by atoms with Gasteiger partial charge in [-0.25, -0.2) is 4.79 Å². The predicted octanol–water partition coefficient (Wildman–Crippen LogP) is 3.03. The highest BCUT2D eigenvalue weighted by molar-refractivity contribution is 5.85. The van der Waals surface area contributed by atoms with Gasteiger partial charge in [0.05, 0.1) is 16.6 Å². The molecule has 1 aliphatic heterocycles. The van der Waals surface area contributed by atoms with Crippen molar-refractivity contribution in [1.29, 1.82) is 0 Å². The third kappa shape index (κ3) is 5.92. The standard InChI is InChI=1S/C27H21N2O10/c30-25(28-13-26(31)39-18-4-2-17(3-5-18)29(33)34)15-37-19-6-7-20-23(12-19)38-14-21(27(20)32)16-1-8-22-24(11-16)36-10-9-35-22/h1-8,11-12,14,33H,9-10,13,15H2,(H,28,30)/q-1. The largest absolute Gasteiger partial charge is 0.733 e. The topological polar surface area (TPSA) is 160 Å². The van der Waals surface area contributed by atoms with Gasteiger partial charge in [-0.3, -0.25) is 14.8 Å². The number of hydrogen-bond acceptors (Lipinski definition) is 11. The van der Waals surface area contributed by atoms with Crippen LogP contribution in [0, 0.1) is 5.21 Å². The van der Waals surface area contributed by atoms with E-state index in [1.807, 2.05) is 0 Å². The molecule has 3 aromatic carbocycles. The van der Waals surface area contributed by atoms with Gasteiger partial charge in [0, 0.05) is 6.07 Å². The minimum Gasteiger partial charge on any atom is -0.733 e. The Bertz CT molecular complexity index is 1580. The number of esters is 1. The number of ether oxygens (including phenoxy) is 4. The molecule has 2 heterocycles. The number of anilines is 1. The third-order valence-corrected chi connectivity index (χ3v) is 5.69. The number of rotatable bonds is 8. The van der Waals surface area contributed by atoms with Gasteiger partial charge in [-0.2, -0.15) is 0 Å². The molecule has 200 valence electrons. The summed E-state index contributed by atoms with van der Waals surface area (Å²) in [7, 11) is 0. The zero-order chi connectivity index (χ0) is 27.4. The van der Waals surface area contributed by atoms with Crippen LogP contribution in [0.4, 0.5) is 5.69 Å². The van der Waals surface area contributed by atoms with E-state index in [9.17, 15) is 19.6 Å². The Morgan fingerprint density at radius 2 is 1.72 bits per heavy atom. The second-order valence-electron chi connectivity index (χ2n) is 8.30. The number of amides is 1. The number of nitrogens with one attached hydrogen (secondary N) is 1. The van der Waals surface area contributed by atoms with E-state index < -0.39 is 25.0 Å². The van der Waals surface area contributed by atoms with Crippen molar-refractivity contribution in [1.82, 2.24) is 5.32 Å². The van der Waals surface area contributed by atoms with Gasteiger partial charge in [0.1, 0.15) is 43.1 Å². The van der Waals surface area contributed by atoms with E-state index in [-0.39, 0.29) is 33.4 Å². The van der Waals surface area contributed by atoms with E-state index in [0.29, 0.717) is 41.2 Å². The van der Waals surface area contributed by atoms with Crippen LogP contribution in [0.25, 0.3) is 22.1 Å². The predicted molar refractivity (Wildman–Crippen MR) is 137 cm³/mol.